The highest BCUT2D eigenvalue weighted by molar-refractivity contribution is 6.31. The van der Waals surface area contributed by atoms with E-state index in [1.807, 2.05) is 18.2 Å². The van der Waals surface area contributed by atoms with Gasteiger partial charge in [-0.15, -0.1) is 0 Å². The van der Waals surface area contributed by atoms with E-state index in [0.29, 0.717) is 28.3 Å². The fourth-order valence-electron chi connectivity index (χ4n) is 2.45. The second-order valence-electron chi connectivity index (χ2n) is 5.50. The molecule has 0 fully saturated rings. The Hall–Kier alpha value is -3.52. The maximum absolute atomic E-state index is 12.6. The van der Waals surface area contributed by atoms with Crippen molar-refractivity contribution in [2.24, 2.45) is 0 Å². The molecule has 0 bridgehead atoms. The lowest BCUT2D eigenvalue weighted by molar-refractivity contribution is -0.131. The normalized spacial score (nSPS) is 12.4. The van der Waals surface area contributed by atoms with Crippen LogP contribution in [0.4, 0.5) is 10.5 Å². The molecule has 8 nitrogen and oxygen atoms in total. The number of carbonyl (C=O) groups excluding carboxylic acids is 2. The smallest absolute Gasteiger partial charge is 0.341 e. The third-order valence-electron chi connectivity index (χ3n) is 3.65. The predicted octanol–water partition coefficient (Wildman–Crippen LogP) is 2.83. The van der Waals surface area contributed by atoms with Crippen LogP contribution in [0.25, 0.3) is 0 Å². The number of hydrogen-bond acceptors (Lipinski definition) is 4. The van der Waals surface area contributed by atoms with Gasteiger partial charge in [0.05, 0.1) is 12.2 Å². The number of nitrogens with zero attached hydrogens (tertiary/aromatic N) is 1. The van der Waals surface area contributed by atoms with Crippen LogP contribution in [-0.4, -0.2) is 23.0 Å². The number of amides is 3. The first-order valence-corrected chi connectivity index (χ1v) is 8.15. The van der Waals surface area contributed by atoms with Crippen LogP contribution in [0.1, 0.15) is 5.56 Å². The number of ether oxygens (including phenoxy) is 1. The van der Waals surface area contributed by atoms with Crippen molar-refractivity contribution < 1.29 is 24.2 Å². The molecule has 3 amide bonds. The van der Waals surface area contributed by atoms with Crippen LogP contribution >= 0.6 is 11.6 Å². The van der Waals surface area contributed by atoms with Gasteiger partial charge in [-0.3, -0.25) is 15.1 Å². The fourth-order valence-corrected chi connectivity index (χ4v) is 2.61. The van der Waals surface area contributed by atoms with Gasteiger partial charge in [0.15, 0.2) is 5.75 Å². The number of fused-ring (bicyclic) bond motifs is 2. The minimum Gasteiger partial charge on any atom is -0.478 e. The summed E-state index contributed by atoms with van der Waals surface area (Å²) in [7, 11) is 0. The third-order valence-corrected chi connectivity index (χ3v) is 3.88. The molecule has 2 aromatic carbocycles. The average molecular weight is 388 g/mol. The van der Waals surface area contributed by atoms with E-state index < -0.39 is 17.9 Å². The Bertz CT molecular complexity index is 944. The quantitative estimate of drug-likeness (QED) is 0.542. The number of urea groups is 1. The number of benzene rings is 2. The molecule has 0 radical (unpaired) electrons. The SMILES string of the molecule is O=C(O)C=CC(=O)NNC(=O)N1Cc2ccccc2Oc2ccc(Cl)cc21. The summed E-state index contributed by atoms with van der Waals surface area (Å²) in [6.45, 7) is 0.177. The molecule has 1 heterocycles. The number of anilines is 1. The second-order valence-corrected chi connectivity index (χ2v) is 5.94. The van der Waals surface area contributed by atoms with Crippen molar-refractivity contribution in [3.63, 3.8) is 0 Å². The standard InChI is InChI=1S/C18H14ClN3O5/c19-12-5-6-15-13(9-12)22(10-11-3-1-2-4-14(11)27-15)18(26)21-20-16(23)7-8-17(24)25/h1-9H,10H2,(H,20,23)(H,21,26)(H,24,25). The van der Waals surface area contributed by atoms with Gasteiger partial charge in [-0.05, 0) is 24.3 Å². The molecule has 0 saturated carbocycles. The first-order valence-electron chi connectivity index (χ1n) is 7.78. The third kappa shape index (κ3) is 4.36. The van der Waals surface area contributed by atoms with Gasteiger partial charge in [-0.25, -0.2) is 15.0 Å². The highest BCUT2D eigenvalue weighted by Gasteiger charge is 2.25. The molecule has 3 rings (SSSR count). The lowest BCUT2D eigenvalue weighted by Gasteiger charge is -2.22. The lowest BCUT2D eigenvalue weighted by Crippen LogP contribution is -2.48. The van der Waals surface area contributed by atoms with Gasteiger partial charge in [0.25, 0.3) is 5.91 Å². The molecule has 0 spiro atoms. The maximum Gasteiger partial charge on any atom is 0.341 e. The number of para-hydroxylation sites is 1. The van der Waals surface area contributed by atoms with Gasteiger partial charge in [0.2, 0.25) is 0 Å². The molecule has 1 aliphatic heterocycles. The summed E-state index contributed by atoms with van der Waals surface area (Å²) < 4.78 is 5.88. The van der Waals surface area contributed by atoms with Crippen LogP contribution in [0, 0.1) is 0 Å². The van der Waals surface area contributed by atoms with E-state index >= 15 is 0 Å². The molecule has 1 aliphatic rings. The Morgan fingerprint density at radius 3 is 2.63 bits per heavy atom. The van der Waals surface area contributed by atoms with E-state index in [4.69, 9.17) is 21.4 Å². The van der Waals surface area contributed by atoms with Crippen molar-refractivity contribution in [2.75, 3.05) is 4.90 Å². The molecule has 0 atom stereocenters. The molecular weight excluding hydrogens is 374 g/mol. The summed E-state index contributed by atoms with van der Waals surface area (Å²) in [5.41, 5.74) is 5.54. The van der Waals surface area contributed by atoms with Gasteiger partial charge >= 0.3 is 12.0 Å². The van der Waals surface area contributed by atoms with Crippen molar-refractivity contribution in [2.45, 2.75) is 6.54 Å². The first kappa shape index (κ1) is 18.3. The molecule has 138 valence electrons. The number of halogens is 1. The van der Waals surface area contributed by atoms with E-state index in [1.165, 1.54) is 4.90 Å². The number of carboxylic acids is 1. The number of hydrogen-bond donors (Lipinski definition) is 3. The van der Waals surface area contributed by atoms with Crippen LogP contribution in [0.2, 0.25) is 5.02 Å². The number of rotatable bonds is 2. The van der Waals surface area contributed by atoms with Crippen molar-refractivity contribution in [1.29, 1.82) is 0 Å². The molecule has 2 aromatic rings. The molecule has 0 aromatic heterocycles. The number of carboxylic acid groups (broad SMARTS) is 1. The number of aliphatic carboxylic acids is 1. The van der Waals surface area contributed by atoms with E-state index in [0.717, 1.165) is 11.6 Å². The van der Waals surface area contributed by atoms with Crippen LogP contribution in [0.5, 0.6) is 11.5 Å². The number of nitrogens with one attached hydrogen (secondary N) is 2. The van der Waals surface area contributed by atoms with E-state index in [2.05, 4.69) is 10.9 Å². The van der Waals surface area contributed by atoms with Crippen LogP contribution in [0.3, 0.4) is 0 Å². The highest BCUT2D eigenvalue weighted by Crippen LogP contribution is 2.40. The zero-order valence-electron chi connectivity index (χ0n) is 13.8. The maximum atomic E-state index is 12.6. The Morgan fingerprint density at radius 1 is 1.07 bits per heavy atom. The molecular formula is C18H14ClN3O5. The van der Waals surface area contributed by atoms with Gasteiger partial charge in [0, 0.05) is 22.7 Å². The number of carbonyl (C=O) groups is 3. The Kier molecular flexibility index (Phi) is 5.28. The Morgan fingerprint density at radius 2 is 1.85 bits per heavy atom. The first-order chi connectivity index (χ1) is 12.9. The Labute approximate surface area is 159 Å². The average Bonchev–Trinajstić information content (AvgIpc) is 2.81. The summed E-state index contributed by atoms with van der Waals surface area (Å²) in [6, 6.07) is 11.5. The summed E-state index contributed by atoms with van der Waals surface area (Å²) in [5.74, 6) is -1.04. The van der Waals surface area contributed by atoms with Crippen LogP contribution in [0.15, 0.2) is 54.6 Å². The summed E-state index contributed by atoms with van der Waals surface area (Å²) in [4.78, 5) is 36.0. The summed E-state index contributed by atoms with van der Waals surface area (Å²) in [5, 5.41) is 8.93. The van der Waals surface area contributed by atoms with Gasteiger partial charge in [0.1, 0.15) is 5.75 Å². The molecule has 9 heteroatoms. The molecule has 27 heavy (non-hydrogen) atoms. The molecule has 0 aliphatic carbocycles. The highest BCUT2D eigenvalue weighted by atomic mass is 35.5. The van der Waals surface area contributed by atoms with Crippen molar-refractivity contribution in [3.05, 3.63) is 65.2 Å². The zero-order valence-corrected chi connectivity index (χ0v) is 14.6. The topological polar surface area (TPSA) is 108 Å². The monoisotopic (exact) mass is 387 g/mol. The second kappa shape index (κ2) is 7.79. The molecule has 0 saturated heterocycles. The largest absolute Gasteiger partial charge is 0.478 e. The summed E-state index contributed by atoms with van der Waals surface area (Å²) >= 11 is 6.06. The predicted molar refractivity (Wildman–Crippen MR) is 97.6 cm³/mol. The molecule has 3 N–H and O–H groups in total. The fraction of sp³-hybridized carbons (Fsp3) is 0.0556. The Balaban J connectivity index is 1.85. The van der Waals surface area contributed by atoms with Gasteiger partial charge in [-0.2, -0.15) is 0 Å². The van der Waals surface area contributed by atoms with Crippen molar-refractivity contribution in [3.8, 4) is 11.5 Å². The molecule has 0 unspecified atom stereocenters. The van der Waals surface area contributed by atoms with Crippen molar-refractivity contribution >= 4 is 35.2 Å². The van der Waals surface area contributed by atoms with E-state index in [-0.39, 0.29) is 6.54 Å². The minimum absolute atomic E-state index is 0.177. The van der Waals surface area contributed by atoms with E-state index in [9.17, 15) is 14.4 Å². The van der Waals surface area contributed by atoms with Crippen molar-refractivity contribution in [1.82, 2.24) is 10.9 Å². The van der Waals surface area contributed by atoms with Gasteiger partial charge < -0.3 is 9.84 Å². The van der Waals surface area contributed by atoms with Crippen LogP contribution < -0.4 is 20.5 Å². The zero-order chi connectivity index (χ0) is 19.4. The van der Waals surface area contributed by atoms with Crippen LogP contribution in [-0.2, 0) is 16.1 Å². The minimum atomic E-state index is -1.28. The summed E-state index contributed by atoms with van der Waals surface area (Å²) in [6.07, 6.45) is 1.45. The lowest BCUT2D eigenvalue weighted by atomic mass is 10.2. The number of hydrazine groups is 1. The van der Waals surface area contributed by atoms with Gasteiger partial charge in [-0.1, -0.05) is 29.8 Å². The van der Waals surface area contributed by atoms with E-state index in [1.54, 1.807) is 24.3 Å².